The van der Waals surface area contributed by atoms with Crippen LogP contribution in [0.5, 0.6) is 0 Å². The summed E-state index contributed by atoms with van der Waals surface area (Å²) in [6.45, 7) is 2.27. The maximum Gasteiger partial charge on any atom is 0.255 e. The van der Waals surface area contributed by atoms with Crippen LogP contribution in [0.4, 0.5) is 10.2 Å². The van der Waals surface area contributed by atoms with Crippen LogP contribution in [0, 0.1) is 5.82 Å². The molecule has 0 aliphatic rings. The Morgan fingerprint density at radius 2 is 2.25 bits per heavy atom. The van der Waals surface area contributed by atoms with Crippen LogP contribution < -0.4 is 11.1 Å². The van der Waals surface area contributed by atoms with E-state index in [1.807, 2.05) is 19.1 Å². The number of rotatable bonds is 4. The second-order valence-electron chi connectivity index (χ2n) is 4.23. The predicted octanol–water partition coefficient (Wildman–Crippen LogP) is 1.69. The Morgan fingerprint density at radius 3 is 3.00 bits per heavy atom. The van der Waals surface area contributed by atoms with Crippen LogP contribution in [0.15, 0.2) is 30.6 Å². The second kappa shape index (κ2) is 6.10. The lowest BCUT2D eigenvalue weighted by atomic mass is 10.1. The summed E-state index contributed by atoms with van der Waals surface area (Å²) in [5.41, 5.74) is 7.43. The minimum absolute atomic E-state index is 0.000589. The standard InChI is InChI=1S/C14H15FN4O/c1-2-9-4-3-5-17-12(9)8-19-14(20)11-6-10(15)7-18-13(11)16/h3-7H,2,8H2,1H3,(H2,16,18)(H,19,20). The van der Waals surface area contributed by atoms with Crippen LogP contribution in [0.3, 0.4) is 0 Å². The molecule has 5 nitrogen and oxygen atoms in total. The molecule has 2 heterocycles. The highest BCUT2D eigenvalue weighted by Crippen LogP contribution is 2.11. The predicted molar refractivity (Wildman–Crippen MR) is 73.4 cm³/mol. The molecule has 104 valence electrons. The first-order valence-electron chi connectivity index (χ1n) is 6.23. The van der Waals surface area contributed by atoms with E-state index < -0.39 is 11.7 Å². The number of aromatic nitrogens is 2. The van der Waals surface area contributed by atoms with E-state index in [0.717, 1.165) is 29.9 Å². The number of amides is 1. The Kier molecular flexibility index (Phi) is 4.24. The van der Waals surface area contributed by atoms with Crippen molar-refractivity contribution < 1.29 is 9.18 Å². The molecule has 20 heavy (non-hydrogen) atoms. The minimum Gasteiger partial charge on any atom is -0.383 e. The molecule has 0 unspecified atom stereocenters. The van der Waals surface area contributed by atoms with Crippen LogP contribution >= 0.6 is 0 Å². The molecule has 0 radical (unpaired) electrons. The average Bonchev–Trinajstić information content (AvgIpc) is 2.47. The van der Waals surface area contributed by atoms with Gasteiger partial charge in [0, 0.05) is 6.20 Å². The first kappa shape index (κ1) is 13.9. The normalized spacial score (nSPS) is 10.3. The molecule has 0 saturated heterocycles. The van der Waals surface area contributed by atoms with E-state index in [1.165, 1.54) is 0 Å². The Labute approximate surface area is 116 Å². The van der Waals surface area contributed by atoms with Gasteiger partial charge in [0.2, 0.25) is 0 Å². The van der Waals surface area contributed by atoms with Crippen LogP contribution in [0.1, 0.15) is 28.5 Å². The Hall–Kier alpha value is -2.50. The molecule has 2 aromatic heterocycles. The molecule has 3 N–H and O–H groups in total. The lowest BCUT2D eigenvalue weighted by Crippen LogP contribution is -2.25. The van der Waals surface area contributed by atoms with Crippen molar-refractivity contribution in [3.63, 3.8) is 0 Å². The Morgan fingerprint density at radius 1 is 1.45 bits per heavy atom. The molecule has 0 aliphatic heterocycles. The van der Waals surface area contributed by atoms with E-state index in [2.05, 4.69) is 15.3 Å². The monoisotopic (exact) mass is 274 g/mol. The first-order chi connectivity index (χ1) is 9.61. The molecular weight excluding hydrogens is 259 g/mol. The van der Waals surface area contributed by atoms with Crippen molar-refractivity contribution in [3.8, 4) is 0 Å². The number of nitrogens with zero attached hydrogens (tertiary/aromatic N) is 2. The summed E-state index contributed by atoms with van der Waals surface area (Å²) in [6.07, 6.45) is 3.46. The highest BCUT2D eigenvalue weighted by molar-refractivity contribution is 5.98. The minimum atomic E-state index is -0.601. The molecular formula is C14H15FN4O. The summed E-state index contributed by atoms with van der Waals surface area (Å²) >= 11 is 0. The van der Waals surface area contributed by atoms with Crippen LogP contribution in [0.25, 0.3) is 0 Å². The smallest absolute Gasteiger partial charge is 0.255 e. The average molecular weight is 274 g/mol. The van der Waals surface area contributed by atoms with Crippen molar-refractivity contribution in [1.82, 2.24) is 15.3 Å². The fourth-order valence-corrected chi connectivity index (χ4v) is 1.84. The number of halogens is 1. The number of carbonyl (C=O) groups excluding carboxylic acids is 1. The molecule has 6 heteroatoms. The first-order valence-corrected chi connectivity index (χ1v) is 6.23. The van der Waals surface area contributed by atoms with Gasteiger partial charge in [0.25, 0.3) is 5.91 Å². The van der Waals surface area contributed by atoms with E-state index in [4.69, 9.17) is 5.73 Å². The van der Waals surface area contributed by atoms with Gasteiger partial charge in [-0.3, -0.25) is 9.78 Å². The van der Waals surface area contributed by atoms with Gasteiger partial charge in [-0.1, -0.05) is 13.0 Å². The highest BCUT2D eigenvalue weighted by Gasteiger charge is 2.12. The Balaban J connectivity index is 2.11. The molecule has 2 aromatic rings. The summed E-state index contributed by atoms with van der Waals surface area (Å²) in [5, 5.41) is 2.67. The number of nitrogen functional groups attached to an aromatic ring is 1. The maximum atomic E-state index is 13.1. The van der Waals surface area contributed by atoms with Crippen molar-refractivity contribution in [2.75, 3.05) is 5.73 Å². The largest absolute Gasteiger partial charge is 0.383 e. The van der Waals surface area contributed by atoms with Gasteiger partial charge in [-0.15, -0.1) is 0 Å². The molecule has 1 amide bonds. The van der Waals surface area contributed by atoms with E-state index in [-0.39, 0.29) is 17.9 Å². The van der Waals surface area contributed by atoms with Gasteiger partial charge in [0.15, 0.2) is 0 Å². The second-order valence-corrected chi connectivity index (χ2v) is 4.23. The van der Waals surface area contributed by atoms with E-state index in [9.17, 15) is 9.18 Å². The number of pyridine rings is 2. The van der Waals surface area contributed by atoms with E-state index in [1.54, 1.807) is 6.20 Å². The topological polar surface area (TPSA) is 80.9 Å². The number of aryl methyl sites for hydroxylation is 1. The molecule has 0 aromatic carbocycles. The lowest BCUT2D eigenvalue weighted by molar-refractivity contribution is 0.0950. The van der Waals surface area contributed by atoms with Gasteiger partial charge in [-0.05, 0) is 24.1 Å². The van der Waals surface area contributed by atoms with Gasteiger partial charge in [0.1, 0.15) is 11.6 Å². The van der Waals surface area contributed by atoms with Crippen molar-refractivity contribution in [3.05, 3.63) is 53.2 Å². The summed E-state index contributed by atoms with van der Waals surface area (Å²) in [5.74, 6) is -1.07. The number of anilines is 1. The molecule has 0 fully saturated rings. The number of carbonyl (C=O) groups is 1. The van der Waals surface area contributed by atoms with Crippen molar-refractivity contribution in [2.45, 2.75) is 19.9 Å². The fourth-order valence-electron chi connectivity index (χ4n) is 1.84. The zero-order valence-electron chi connectivity index (χ0n) is 11.1. The zero-order chi connectivity index (χ0) is 14.5. The highest BCUT2D eigenvalue weighted by atomic mass is 19.1. The molecule has 0 bridgehead atoms. The van der Waals surface area contributed by atoms with Crippen molar-refractivity contribution >= 4 is 11.7 Å². The molecule has 0 saturated carbocycles. The maximum absolute atomic E-state index is 13.1. The zero-order valence-corrected chi connectivity index (χ0v) is 11.1. The van der Waals surface area contributed by atoms with Crippen molar-refractivity contribution in [2.24, 2.45) is 0 Å². The Bertz CT molecular complexity index is 630. The summed E-state index contributed by atoms with van der Waals surface area (Å²) < 4.78 is 13.1. The van der Waals surface area contributed by atoms with E-state index in [0.29, 0.717) is 0 Å². The van der Waals surface area contributed by atoms with Crippen LogP contribution in [-0.4, -0.2) is 15.9 Å². The van der Waals surface area contributed by atoms with Gasteiger partial charge in [0.05, 0.1) is 24.0 Å². The van der Waals surface area contributed by atoms with Gasteiger partial charge < -0.3 is 11.1 Å². The summed E-state index contributed by atoms with van der Waals surface area (Å²) in [6, 6.07) is 4.86. The van der Waals surface area contributed by atoms with Gasteiger partial charge in [-0.2, -0.15) is 0 Å². The quantitative estimate of drug-likeness (QED) is 0.889. The third-order valence-corrected chi connectivity index (χ3v) is 2.91. The SMILES string of the molecule is CCc1cccnc1CNC(=O)c1cc(F)cnc1N. The summed E-state index contributed by atoms with van der Waals surface area (Å²) in [4.78, 5) is 19.8. The number of hydrogen-bond donors (Lipinski definition) is 2. The molecule has 2 rings (SSSR count). The number of nitrogens with two attached hydrogens (primary N) is 1. The summed E-state index contributed by atoms with van der Waals surface area (Å²) in [7, 11) is 0. The van der Waals surface area contributed by atoms with Crippen LogP contribution in [0.2, 0.25) is 0 Å². The van der Waals surface area contributed by atoms with Crippen LogP contribution in [-0.2, 0) is 13.0 Å². The van der Waals surface area contributed by atoms with Gasteiger partial charge >= 0.3 is 0 Å². The number of nitrogens with one attached hydrogen (secondary N) is 1. The number of hydrogen-bond acceptors (Lipinski definition) is 4. The van der Waals surface area contributed by atoms with Crippen molar-refractivity contribution in [1.29, 1.82) is 0 Å². The lowest BCUT2D eigenvalue weighted by Gasteiger charge is -2.09. The third-order valence-electron chi connectivity index (χ3n) is 2.91. The van der Waals surface area contributed by atoms with E-state index >= 15 is 0 Å². The fraction of sp³-hybridized carbons (Fsp3) is 0.214. The molecule has 0 spiro atoms. The third kappa shape index (κ3) is 3.09. The van der Waals surface area contributed by atoms with Gasteiger partial charge in [-0.25, -0.2) is 9.37 Å². The molecule has 0 aliphatic carbocycles. The molecule has 0 atom stereocenters.